The standard InChI is InChI=1S/C26H31N7O3S/c1-36-20-12-10-18(11-13-20)25-24(21-14-15-28-26(31-21)30-19-6-3-4-7-19)22-8-5-9-23(33(22)32-25)27-16-17-29-37(2,34)35/h5,8-15,19,27,29H,3-4,6-7,16-17H2,1-2H3,(H,28,30,31). The van der Waals surface area contributed by atoms with Crippen LogP contribution in [0, 0.1) is 0 Å². The number of anilines is 2. The molecule has 4 aromatic rings. The molecule has 11 heteroatoms. The molecule has 0 atom stereocenters. The Morgan fingerprint density at radius 2 is 1.84 bits per heavy atom. The van der Waals surface area contributed by atoms with Crippen LogP contribution in [0.25, 0.3) is 28.0 Å². The molecule has 0 unspecified atom stereocenters. The fourth-order valence-corrected chi connectivity index (χ4v) is 5.13. The summed E-state index contributed by atoms with van der Waals surface area (Å²) in [7, 11) is -1.62. The van der Waals surface area contributed by atoms with Crippen LogP contribution in [0.3, 0.4) is 0 Å². The lowest BCUT2D eigenvalue weighted by Crippen LogP contribution is -2.28. The lowest BCUT2D eigenvalue weighted by molar-refractivity contribution is 0.415. The van der Waals surface area contributed by atoms with E-state index in [1.807, 2.05) is 53.0 Å². The number of hydrogen-bond donors (Lipinski definition) is 3. The Kier molecular flexibility index (Phi) is 7.24. The lowest BCUT2D eigenvalue weighted by atomic mass is 10.0. The van der Waals surface area contributed by atoms with Crippen molar-refractivity contribution in [1.29, 1.82) is 0 Å². The van der Waals surface area contributed by atoms with Crippen molar-refractivity contribution >= 4 is 27.3 Å². The smallest absolute Gasteiger partial charge is 0.223 e. The zero-order chi connectivity index (χ0) is 25.8. The average molecular weight is 522 g/mol. The first-order valence-corrected chi connectivity index (χ1v) is 14.2. The lowest BCUT2D eigenvalue weighted by Gasteiger charge is -2.12. The van der Waals surface area contributed by atoms with Crippen molar-refractivity contribution in [2.75, 3.05) is 37.1 Å². The SMILES string of the molecule is COc1ccc(-c2nn3c(NCCNS(C)(=O)=O)cccc3c2-c2ccnc(NC3CCCC3)n2)cc1. The van der Waals surface area contributed by atoms with Gasteiger partial charge in [-0.2, -0.15) is 5.10 Å². The van der Waals surface area contributed by atoms with Gasteiger partial charge in [0.2, 0.25) is 16.0 Å². The van der Waals surface area contributed by atoms with Crippen LogP contribution in [-0.2, 0) is 10.0 Å². The van der Waals surface area contributed by atoms with Gasteiger partial charge in [0.1, 0.15) is 17.3 Å². The molecule has 1 aliphatic rings. The van der Waals surface area contributed by atoms with Gasteiger partial charge in [0.05, 0.1) is 30.1 Å². The van der Waals surface area contributed by atoms with Gasteiger partial charge in [-0.05, 0) is 55.3 Å². The molecule has 0 bridgehead atoms. The van der Waals surface area contributed by atoms with Crippen molar-refractivity contribution in [2.24, 2.45) is 0 Å². The summed E-state index contributed by atoms with van der Waals surface area (Å²) in [5.74, 6) is 2.12. The van der Waals surface area contributed by atoms with E-state index >= 15 is 0 Å². The van der Waals surface area contributed by atoms with Crippen LogP contribution in [0.5, 0.6) is 5.75 Å². The van der Waals surface area contributed by atoms with E-state index in [1.54, 1.807) is 13.3 Å². The molecule has 3 N–H and O–H groups in total. The monoisotopic (exact) mass is 521 g/mol. The second-order valence-electron chi connectivity index (χ2n) is 9.14. The molecule has 37 heavy (non-hydrogen) atoms. The molecular weight excluding hydrogens is 490 g/mol. The van der Waals surface area contributed by atoms with Gasteiger partial charge in [0.15, 0.2) is 0 Å². The van der Waals surface area contributed by atoms with E-state index in [0.717, 1.165) is 58.7 Å². The van der Waals surface area contributed by atoms with E-state index in [9.17, 15) is 8.42 Å². The van der Waals surface area contributed by atoms with Gasteiger partial charge in [0.25, 0.3) is 0 Å². The van der Waals surface area contributed by atoms with Crippen molar-refractivity contribution in [3.05, 3.63) is 54.7 Å². The Balaban J connectivity index is 1.56. The molecule has 0 spiro atoms. The van der Waals surface area contributed by atoms with Crippen LogP contribution in [-0.4, -0.2) is 60.5 Å². The molecule has 5 rings (SSSR count). The zero-order valence-corrected chi connectivity index (χ0v) is 21.8. The van der Waals surface area contributed by atoms with E-state index in [4.69, 9.17) is 14.8 Å². The van der Waals surface area contributed by atoms with Crippen LogP contribution in [0.1, 0.15) is 25.7 Å². The summed E-state index contributed by atoms with van der Waals surface area (Å²) < 4.78 is 32.5. The highest BCUT2D eigenvalue weighted by atomic mass is 32.2. The number of ether oxygens (including phenoxy) is 1. The van der Waals surface area contributed by atoms with Gasteiger partial charge in [-0.3, -0.25) is 0 Å². The Morgan fingerprint density at radius 1 is 1.05 bits per heavy atom. The third kappa shape index (κ3) is 5.83. The van der Waals surface area contributed by atoms with Crippen LogP contribution in [0.2, 0.25) is 0 Å². The predicted octanol–water partition coefficient (Wildman–Crippen LogP) is 3.78. The highest BCUT2D eigenvalue weighted by molar-refractivity contribution is 7.88. The molecule has 1 fully saturated rings. The minimum Gasteiger partial charge on any atom is -0.497 e. The summed E-state index contributed by atoms with van der Waals surface area (Å²) in [6.07, 6.45) is 7.63. The van der Waals surface area contributed by atoms with Gasteiger partial charge in [0, 0.05) is 30.9 Å². The van der Waals surface area contributed by atoms with Gasteiger partial charge in [-0.1, -0.05) is 18.9 Å². The molecular formula is C26H31N7O3S. The minimum atomic E-state index is -3.26. The van der Waals surface area contributed by atoms with Crippen LogP contribution in [0.15, 0.2) is 54.7 Å². The summed E-state index contributed by atoms with van der Waals surface area (Å²) in [5, 5.41) is 11.7. The summed E-state index contributed by atoms with van der Waals surface area (Å²) in [5.41, 5.74) is 4.23. The maximum Gasteiger partial charge on any atom is 0.223 e. The number of rotatable bonds is 10. The van der Waals surface area contributed by atoms with E-state index in [-0.39, 0.29) is 6.54 Å². The maximum absolute atomic E-state index is 11.4. The van der Waals surface area contributed by atoms with Gasteiger partial charge < -0.3 is 15.4 Å². The van der Waals surface area contributed by atoms with Crippen molar-refractivity contribution in [3.8, 4) is 28.3 Å². The molecule has 1 saturated carbocycles. The average Bonchev–Trinajstić information content (AvgIpc) is 3.54. The van der Waals surface area contributed by atoms with E-state index in [2.05, 4.69) is 20.3 Å². The maximum atomic E-state index is 11.4. The van der Waals surface area contributed by atoms with E-state index in [0.29, 0.717) is 18.5 Å². The number of methoxy groups -OCH3 is 1. The predicted molar refractivity (Wildman–Crippen MR) is 145 cm³/mol. The van der Waals surface area contributed by atoms with E-state index < -0.39 is 10.0 Å². The summed E-state index contributed by atoms with van der Waals surface area (Å²) >= 11 is 0. The molecule has 10 nitrogen and oxygen atoms in total. The van der Waals surface area contributed by atoms with Crippen LogP contribution in [0.4, 0.5) is 11.8 Å². The molecule has 3 aromatic heterocycles. The number of aromatic nitrogens is 4. The third-order valence-electron chi connectivity index (χ3n) is 6.42. The fraction of sp³-hybridized carbons (Fsp3) is 0.346. The molecule has 1 aliphatic carbocycles. The highest BCUT2D eigenvalue weighted by Gasteiger charge is 2.21. The Morgan fingerprint density at radius 3 is 2.57 bits per heavy atom. The summed E-state index contributed by atoms with van der Waals surface area (Å²) in [6.45, 7) is 0.666. The Hall–Kier alpha value is -3.70. The first-order valence-electron chi connectivity index (χ1n) is 12.4. The number of benzene rings is 1. The Bertz CT molecular complexity index is 1480. The first-order chi connectivity index (χ1) is 17.9. The highest BCUT2D eigenvalue weighted by Crippen LogP contribution is 2.36. The van der Waals surface area contributed by atoms with Crippen LogP contribution < -0.4 is 20.1 Å². The van der Waals surface area contributed by atoms with E-state index in [1.165, 1.54) is 12.8 Å². The topological polar surface area (TPSA) is 123 Å². The van der Waals surface area contributed by atoms with Crippen LogP contribution >= 0.6 is 0 Å². The van der Waals surface area contributed by atoms with Crippen molar-refractivity contribution < 1.29 is 13.2 Å². The zero-order valence-electron chi connectivity index (χ0n) is 20.9. The quantitative estimate of drug-likeness (QED) is 0.270. The molecule has 0 saturated heterocycles. The number of sulfonamides is 1. The Labute approximate surface area is 216 Å². The number of pyridine rings is 1. The largest absolute Gasteiger partial charge is 0.497 e. The summed E-state index contributed by atoms with van der Waals surface area (Å²) in [6, 6.07) is 15.9. The number of hydrogen-bond acceptors (Lipinski definition) is 8. The number of nitrogens with one attached hydrogen (secondary N) is 3. The molecule has 194 valence electrons. The molecule has 0 radical (unpaired) electrons. The van der Waals surface area contributed by atoms with Crippen molar-refractivity contribution in [3.63, 3.8) is 0 Å². The first kappa shape index (κ1) is 25.0. The van der Waals surface area contributed by atoms with Crippen molar-refractivity contribution in [1.82, 2.24) is 24.3 Å². The number of nitrogens with zero attached hydrogens (tertiary/aromatic N) is 4. The molecule has 0 aliphatic heterocycles. The number of fused-ring (bicyclic) bond motifs is 1. The van der Waals surface area contributed by atoms with Gasteiger partial charge >= 0.3 is 0 Å². The third-order valence-corrected chi connectivity index (χ3v) is 7.14. The minimum absolute atomic E-state index is 0.261. The molecule has 1 aromatic carbocycles. The normalized spacial score (nSPS) is 14.2. The molecule has 3 heterocycles. The second-order valence-corrected chi connectivity index (χ2v) is 11.0. The summed E-state index contributed by atoms with van der Waals surface area (Å²) in [4.78, 5) is 9.35. The van der Waals surface area contributed by atoms with Gasteiger partial charge in [-0.25, -0.2) is 27.6 Å². The van der Waals surface area contributed by atoms with Gasteiger partial charge in [-0.15, -0.1) is 0 Å². The molecule has 0 amide bonds. The second kappa shape index (κ2) is 10.7. The van der Waals surface area contributed by atoms with Crippen molar-refractivity contribution in [2.45, 2.75) is 31.7 Å². The fourth-order valence-electron chi connectivity index (χ4n) is 4.65.